The smallest absolute Gasteiger partial charge is 0.418 e. The lowest BCUT2D eigenvalue weighted by Crippen LogP contribution is -2.37. The van der Waals surface area contributed by atoms with Crippen molar-refractivity contribution in [2.75, 3.05) is 44.3 Å². The molecule has 12 heteroatoms. The molecule has 0 saturated carbocycles. The van der Waals surface area contributed by atoms with E-state index in [2.05, 4.69) is 20.6 Å². The van der Waals surface area contributed by atoms with Crippen LogP contribution in [0.5, 0.6) is 11.6 Å². The first kappa shape index (κ1) is 28.6. The molecule has 4 heterocycles. The minimum Gasteiger partial charge on any atom is -0.491 e. The van der Waals surface area contributed by atoms with Crippen LogP contribution >= 0.6 is 0 Å². The van der Waals surface area contributed by atoms with Crippen molar-refractivity contribution in [3.8, 4) is 22.9 Å². The Morgan fingerprint density at radius 1 is 1.17 bits per heavy atom. The van der Waals surface area contributed by atoms with Crippen LogP contribution in [0.15, 0.2) is 48.7 Å². The number of anilines is 1. The first-order valence-electron chi connectivity index (χ1n) is 13.6. The topological polar surface area (TPSA) is 88.6 Å². The van der Waals surface area contributed by atoms with Crippen LogP contribution < -0.4 is 25.0 Å². The average molecular weight is 574 g/mol. The number of aromatic nitrogens is 2. The standard InChI is InChI=1S/C29H31F4N5O3/c1-2-40-28-21(4-3-11-35-28)23-6-8-25(26(37-23)27(39)36-20-9-12-34-15-20)41-17-18-10-13-38(16-18)24-7-5-19(30)14-22(24)29(31,32)33/h3-8,11,14,18,20,34H,2,9-10,12-13,15-17H2,1H3,(H,36,39)/t18?,20-/m1/s1. The number of pyridine rings is 2. The molecule has 0 bridgehead atoms. The molecule has 0 radical (unpaired) electrons. The highest BCUT2D eigenvalue weighted by molar-refractivity contribution is 5.96. The second-order valence-corrected chi connectivity index (χ2v) is 10.1. The molecule has 3 aromatic rings. The number of benzene rings is 1. The first-order chi connectivity index (χ1) is 19.7. The van der Waals surface area contributed by atoms with Gasteiger partial charge in [0, 0.05) is 43.5 Å². The zero-order valence-corrected chi connectivity index (χ0v) is 22.5. The van der Waals surface area contributed by atoms with Gasteiger partial charge in [-0.2, -0.15) is 13.2 Å². The summed E-state index contributed by atoms with van der Waals surface area (Å²) >= 11 is 0. The fourth-order valence-electron chi connectivity index (χ4n) is 5.15. The van der Waals surface area contributed by atoms with Gasteiger partial charge >= 0.3 is 6.18 Å². The Bertz CT molecular complexity index is 1380. The molecular weight excluding hydrogens is 542 g/mol. The minimum absolute atomic E-state index is 0.0416. The van der Waals surface area contributed by atoms with Gasteiger partial charge in [0.2, 0.25) is 5.88 Å². The molecule has 2 aliphatic rings. The lowest BCUT2D eigenvalue weighted by atomic mass is 10.1. The Morgan fingerprint density at radius 2 is 2.02 bits per heavy atom. The van der Waals surface area contributed by atoms with E-state index in [1.807, 2.05) is 6.92 Å². The van der Waals surface area contributed by atoms with Crippen molar-refractivity contribution in [3.05, 3.63) is 65.7 Å². The summed E-state index contributed by atoms with van der Waals surface area (Å²) in [5, 5.41) is 6.21. The summed E-state index contributed by atoms with van der Waals surface area (Å²) in [5.41, 5.74) is 0.170. The van der Waals surface area contributed by atoms with Gasteiger partial charge in [-0.05, 0) is 68.8 Å². The summed E-state index contributed by atoms with van der Waals surface area (Å²) < 4.78 is 66.0. The van der Waals surface area contributed by atoms with Crippen LogP contribution in [0, 0.1) is 11.7 Å². The highest BCUT2D eigenvalue weighted by Crippen LogP contribution is 2.39. The van der Waals surface area contributed by atoms with Gasteiger partial charge in [-0.25, -0.2) is 14.4 Å². The molecular formula is C29H31F4N5O3. The maximum absolute atomic E-state index is 13.6. The highest BCUT2D eigenvalue weighted by atomic mass is 19.4. The van der Waals surface area contributed by atoms with Gasteiger partial charge in [0.15, 0.2) is 11.4 Å². The average Bonchev–Trinajstić information content (AvgIpc) is 3.64. The van der Waals surface area contributed by atoms with E-state index in [4.69, 9.17) is 9.47 Å². The van der Waals surface area contributed by atoms with E-state index in [-0.39, 0.29) is 41.6 Å². The van der Waals surface area contributed by atoms with E-state index in [1.54, 1.807) is 35.4 Å². The first-order valence-corrected chi connectivity index (χ1v) is 13.6. The third-order valence-electron chi connectivity index (χ3n) is 7.16. The maximum atomic E-state index is 13.6. The molecule has 0 spiro atoms. The highest BCUT2D eigenvalue weighted by Gasteiger charge is 2.37. The molecule has 41 heavy (non-hydrogen) atoms. The van der Waals surface area contributed by atoms with Crippen LogP contribution in [0.3, 0.4) is 0 Å². The van der Waals surface area contributed by atoms with Crippen molar-refractivity contribution in [2.24, 2.45) is 5.92 Å². The zero-order chi connectivity index (χ0) is 29.0. The summed E-state index contributed by atoms with van der Waals surface area (Å²) in [4.78, 5) is 23.8. The number of nitrogens with zero attached hydrogens (tertiary/aromatic N) is 3. The lowest BCUT2D eigenvalue weighted by Gasteiger charge is -2.23. The zero-order valence-electron chi connectivity index (χ0n) is 22.5. The predicted molar refractivity (Wildman–Crippen MR) is 145 cm³/mol. The van der Waals surface area contributed by atoms with Crippen LogP contribution in [0.4, 0.5) is 23.2 Å². The van der Waals surface area contributed by atoms with Crippen molar-refractivity contribution in [3.63, 3.8) is 0 Å². The van der Waals surface area contributed by atoms with Crippen LogP contribution in [0.25, 0.3) is 11.3 Å². The van der Waals surface area contributed by atoms with Crippen LogP contribution in [0.1, 0.15) is 35.8 Å². The Morgan fingerprint density at radius 3 is 2.78 bits per heavy atom. The lowest BCUT2D eigenvalue weighted by molar-refractivity contribution is -0.137. The molecule has 8 nitrogen and oxygen atoms in total. The molecule has 1 amide bonds. The second kappa shape index (κ2) is 12.3. The van der Waals surface area contributed by atoms with E-state index >= 15 is 0 Å². The molecule has 1 aromatic carbocycles. The molecule has 2 aliphatic heterocycles. The molecule has 2 N–H and O–H groups in total. The predicted octanol–water partition coefficient (Wildman–Crippen LogP) is 4.70. The number of amides is 1. The third-order valence-corrected chi connectivity index (χ3v) is 7.16. The summed E-state index contributed by atoms with van der Waals surface area (Å²) in [6.45, 7) is 4.54. The van der Waals surface area contributed by atoms with E-state index < -0.39 is 17.6 Å². The number of carbonyl (C=O) groups is 1. The SMILES string of the molecule is CCOc1ncccc1-c1ccc(OCC2CCN(c3ccc(F)cc3C(F)(F)F)C2)c(C(=O)N[C@@H]2CCNC2)n1. The number of hydrogen-bond donors (Lipinski definition) is 2. The largest absolute Gasteiger partial charge is 0.491 e. The van der Waals surface area contributed by atoms with Gasteiger partial charge in [0.05, 0.1) is 30.0 Å². The molecule has 1 unspecified atom stereocenters. The quantitative estimate of drug-likeness (QED) is 0.359. The van der Waals surface area contributed by atoms with Gasteiger partial charge < -0.3 is 25.0 Å². The van der Waals surface area contributed by atoms with Crippen LogP contribution in [0.2, 0.25) is 0 Å². The second-order valence-electron chi connectivity index (χ2n) is 10.1. The Kier molecular flexibility index (Phi) is 8.57. The molecule has 2 saturated heterocycles. The summed E-state index contributed by atoms with van der Waals surface area (Å²) in [6.07, 6.45) is -1.70. The van der Waals surface area contributed by atoms with Crippen molar-refractivity contribution in [1.82, 2.24) is 20.6 Å². The van der Waals surface area contributed by atoms with Gasteiger partial charge in [-0.15, -0.1) is 0 Å². The number of alkyl halides is 3. The minimum atomic E-state index is -4.67. The summed E-state index contributed by atoms with van der Waals surface area (Å²) in [5.74, 6) is -0.761. The number of rotatable bonds is 9. The Labute approximate surface area is 235 Å². The van der Waals surface area contributed by atoms with Crippen LogP contribution in [-0.4, -0.2) is 61.3 Å². The third kappa shape index (κ3) is 6.70. The molecule has 0 aliphatic carbocycles. The van der Waals surface area contributed by atoms with Gasteiger partial charge in [0.25, 0.3) is 5.91 Å². The van der Waals surface area contributed by atoms with Gasteiger partial charge in [0.1, 0.15) is 5.82 Å². The molecule has 2 aromatic heterocycles. The number of hydrogen-bond acceptors (Lipinski definition) is 7. The van der Waals surface area contributed by atoms with Crippen LogP contribution in [-0.2, 0) is 6.18 Å². The van der Waals surface area contributed by atoms with E-state index in [0.29, 0.717) is 55.9 Å². The number of halogens is 4. The van der Waals surface area contributed by atoms with Gasteiger partial charge in [-0.3, -0.25) is 4.79 Å². The van der Waals surface area contributed by atoms with Crippen molar-refractivity contribution < 1.29 is 31.8 Å². The molecule has 218 valence electrons. The van der Waals surface area contributed by atoms with Crippen molar-refractivity contribution in [1.29, 1.82) is 0 Å². The summed E-state index contributed by atoms with van der Waals surface area (Å²) in [6, 6.07) is 9.63. The normalized spacial score (nSPS) is 18.9. The fraction of sp³-hybridized carbons (Fsp3) is 0.414. The van der Waals surface area contributed by atoms with Gasteiger partial charge in [-0.1, -0.05) is 0 Å². The maximum Gasteiger partial charge on any atom is 0.418 e. The number of nitrogens with one attached hydrogen (secondary N) is 2. The van der Waals surface area contributed by atoms with E-state index in [0.717, 1.165) is 19.0 Å². The monoisotopic (exact) mass is 573 g/mol. The van der Waals surface area contributed by atoms with Crippen molar-refractivity contribution >= 4 is 11.6 Å². The Balaban J connectivity index is 1.35. The van der Waals surface area contributed by atoms with Crippen molar-refractivity contribution in [2.45, 2.75) is 32.0 Å². The van der Waals surface area contributed by atoms with E-state index in [9.17, 15) is 22.4 Å². The molecule has 2 fully saturated rings. The Hall–Kier alpha value is -3.93. The molecule has 5 rings (SSSR count). The molecule has 2 atom stereocenters. The van der Waals surface area contributed by atoms with E-state index in [1.165, 1.54) is 6.07 Å². The number of carbonyl (C=O) groups excluding carboxylic acids is 1. The number of ether oxygens (including phenoxy) is 2. The fourth-order valence-corrected chi connectivity index (χ4v) is 5.15. The summed E-state index contributed by atoms with van der Waals surface area (Å²) in [7, 11) is 0.